The summed E-state index contributed by atoms with van der Waals surface area (Å²) in [4.78, 5) is 0. The molecule has 0 bridgehead atoms. The Hall–Kier alpha value is -0.130. The molecule has 5 heteroatoms. The van der Waals surface area contributed by atoms with Crippen molar-refractivity contribution in [2.75, 3.05) is 24.6 Å². The van der Waals surface area contributed by atoms with Crippen LogP contribution in [0.5, 0.6) is 0 Å². The highest BCUT2D eigenvalue weighted by Gasteiger charge is 2.37. The van der Waals surface area contributed by atoms with Crippen molar-refractivity contribution in [3.8, 4) is 0 Å². The van der Waals surface area contributed by atoms with Crippen LogP contribution < -0.4 is 11.1 Å². The van der Waals surface area contributed by atoms with Gasteiger partial charge in [-0.2, -0.15) is 0 Å². The molecule has 1 rings (SSSR count). The van der Waals surface area contributed by atoms with E-state index in [1.807, 2.05) is 6.92 Å². The minimum Gasteiger partial charge on any atom is -0.330 e. The van der Waals surface area contributed by atoms with Crippen molar-refractivity contribution in [2.24, 2.45) is 17.6 Å². The Labute approximate surface area is 112 Å². The van der Waals surface area contributed by atoms with Gasteiger partial charge in [-0.25, -0.2) is 8.42 Å². The van der Waals surface area contributed by atoms with E-state index in [1.54, 1.807) is 0 Å². The van der Waals surface area contributed by atoms with Crippen molar-refractivity contribution in [3.63, 3.8) is 0 Å². The van der Waals surface area contributed by atoms with Crippen molar-refractivity contribution in [2.45, 2.75) is 45.6 Å². The fourth-order valence-electron chi connectivity index (χ4n) is 2.73. The first-order valence-corrected chi connectivity index (χ1v) is 8.74. The van der Waals surface area contributed by atoms with Crippen molar-refractivity contribution in [1.82, 2.24) is 5.32 Å². The SMILES string of the molecule is CC(C)CC(CN)CCNC1(C)CCS(=O)(=O)C1. The minimum atomic E-state index is -2.82. The molecule has 108 valence electrons. The molecule has 1 aliphatic heterocycles. The van der Waals surface area contributed by atoms with E-state index in [4.69, 9.17) is 5.73 Å². The van der Waals surface area contributed by atoms with Crippen LogP contribution in [0.1, 0.15) is 40.0 Å². The first-order valence-electron chi connectivity index (χ1n) is 6.92. The third-order valence-corrected chi connectivity index (χ3v) is 5.65. The van der Waals surface area contributed by atoms with Crippen molar-refractivity contribution < 1.29 is 8.42 Å². The van der Waals surface area contributed by atoms with Crippen LogP contribution >= 0.6 is 0 Å². The molecule has 2 unspecified atom stereocenters. The fourth-order valence-corrected chi connectivity index (χ4v) is 4.85. The standard InChI is InChI=1S/C13H28N2O2S/c1-11(2)8-12(9-14)4-6-15-13(3)5-7-18(16,17)10-13/h11-12,15H,4-10,14H2,1-3H3. The summed E-state index contributed by atoms with van der Waals surface area (Å²) in [5, 5.41) is 3.42. The van der Waals surface area contributed by atoms with Gasteiger partial charge in [0.1, 0.15) is 0 Å². The van der Waals surface area contributed by atoms with Gasteiger partial charge in [0.2, 0.25) is 0 Å². The highest BCUT2D eigenvalue weighted by Crippen LogP contribution is 2.23. The van der Waals surface area contributed by atoms with Crippen molar-refractivity contribution in [1.29, 1.82) is 0 Å². The molecule has 1 aliphatic rings. The van der Waals surface area contributed by atoms with E-state index in [-0.39, 0.29) is 11.3 Å². The van der Waals surface area contributed by atoms with Crippen LogP contribution in [0.15, 0.2) is 0 Å². The van der Waals surface area contributed by atoms with Gasteiger partial charge in [-0.3, -0.25) is 0 Å². The molecule has 0 aromatic heterocycles. The number of rotatable bonds is 7. The molecule has 0 aromatic rings. The van der Waals surface area contributed by atoms with Crippen LogP contribution in [0.25, 0.3) is 0 Å². The topological polar surface area (TPSA) is 72.2 Å². The normalized spacial score (nSPS) is 28.7. The molecule has 2 atom stereocenters. The van der Waals surface area contributed by atoms with E-state index in [9.17, 15) is 8.42 Å². The zero-order chi connectivity index (χ0) is 13.8. The van der Waals surface area contributed by atoms with Crippen LogP contribution in [0.2, 0.25) is 0 Å². The number of nitrogens with two attached hydrogens (primary N) is 1. The van der Waals surface area contributed by atoms with E-state index < -0.39 is 9.84 Å². The average Bonchev–Trinajstić information content (AvgIpc) is 2.51. The Kier molecular flexibility index (Phi) is 5.62. The zero-order valence-electron chi connectivity index (χ0n) is 11.9. The molecule has 4 nitrogen and oxygen atoms in total. The molecule has 0 aromatic carbocycles. The second kappa shape index (κ2) is 6.35. The summed E-state index contributed by atoms with van der Waals surface area (Å²) in [5.74, 6) is 1.81. The minimum absolute atomic E-state index is 0.226. The molecule has 0 radical (unpaired) electrons. The third kappa shape index (κ3) is 5.24. The summed E-state index contributed by atoms with van der Waals surface area (Å²) in [6, 6.07) is 0. The van der Waals surface area contributed by atoms with Crippen LogP contribution in [0, 0.1) is 11.8 Å². The highest BCUT2D eigenvalue weighted by molar-refractivity contribution is 7.91. The summed E-state index contributed by atoms with van der Waals surface area (Å²) in [5.41, 5.74) is 5.54. The van der Waals surface area contributed by atoms with Crippen LogP contribution in [0.3, 0.4) is 0 Å². The summed E-state index contributed by atoms with van der Waals surface area (Å²) in [7, 11) is -2.82. The molecule has 1 heterocycles. The van der Waals surface area contributed by atoms with E-state index in [1.165, 1.54) is 0 Å². The lowest BCUT2D eigenvalue weighted by Crippen LogP contribution is -2.44. The largest absolute Gasteiger partial charge is 0.330 e. The van der Waals surface area contributed by atoms with Crippen LogP contribution in [-0.4, -0.2) is 38.6 Å². The predicted octanol–water partition coefficient (Wildman–Crippen LogP) is 1.16. The lowest BCUT2D eigenvalue weighted by atomic mass is 9.93. The smallest absolute Gasteiger partial charge is 0.152 e. The Morgan fingerprint density at radius 3 is 2.50 bits per heavy atom. The van der Waals surface area contributed by atoms with Gasteiger partial charge in [-0.15, -0.1) is 0 Å². The molecule has 18 heavy (non-hydrogen) atoms. The summed E-state index contributed by atoms with van der Waals surface area (Å²) >= 11 is 0. The molecule has 0 aliphatic carbocycles. The van der Waals surface area contributed by atoms with Crippen molar-refractivity contribution >= 4 is 9.84 Å². The lowest BCUT2D eigenvalue weighted by Gasteiger charge is -2.26. The monoisotopic (exact) mass is 276 g/mol. The zero-order valence-corrected chi connectivity index (χ0v) is 12.7. The summed E-state index contributed by atoms with van der Waals surface area (Å²) < 4.78 is 23.0. The van der Waals surface area contributed by atoms with Crippen LogP contribution in [0.4, 0.5) is 0 Å². The van der Waals surface area contributed by atoms with Gasteiger partial charge in [0.05, 0.1) is 11.5 Å². The number of hydrogen-bond donors (Lipinski definition) is 2. The maximum atomic E-state index is 11.5. The third-order valence-electron chi connectivity index (χ3n) is 3.75. The first kappa shape index (κ1) is 15.9. The van der Waals surface area contributed by atoms with Crippen LogP contribution in [-0.2, 0) is 9.84 Å². The summed E-state index contributed by atoms with van der Waals surface area (Å²) in [6.45, 7) is 8.01. The fraction of sp³-hybridized carbons (Fsp3) is 1.00. The predicted molar refractivity (Wildman–Crippen MR) is 76.3 cm³/mol. The number of sulfone groups is 1. The maximum absolute atomic E-state index is 11.5. The van der Waals surface area contributed by atoms with Gasteiger partial charge in [0, 0.05) is 5.54 Å². The van der Waals surface area contributed by atoms with E-state index in [2.05, 4.69) is 19.2 Å². The molecule has 0 amide bonds. The second-order valence-electron chi connectivity index (χ2n) is 6.35. The van der Waals surface area contributed by atoms with Gasteiger partial charge in [0.15, 0.2) is 9.84 Å². The van der Waals surface area contributed by atoms with Gasteiger partial charge in [-0.1, -0.05) is 13.8 Å². The number of nitrogens with one attached hydrogen (secondary N) is 1. The molecule has 0 saturated carbocycles. The molecule has 3 N–H and O–H groups in total. The van der Waals surface area contributed by atoms with Crippen molar-refractivity contribution in [3.05, 3.63) is 0 Å². The second-order valence-corrected chi connectivity index (χ2v) is 8.53. The Bertz CT molecular complexity index is 354. The quantitative estimate of drug-likeness (QED) is 0.732. The molecular weight excluding hydrogens is 248 g/mol. The molecule has 0 spiro atoms. The summed E-state index contributed by atoms with van der Waals surface area (Å²) in [6.07, 6.45) is 2.91. The Balaban J connectivity index is 2.33. The van der Waals surface area contributed by atoms with E-state index >= 15 is 0 Å². The van der Waals surface area contributed by atoms with Gasteiger partial charge in [0.25, 0.3) is 0 Å². The average molecular weight is 276 g/mol. The van der Waals surface area contributed by atoms with E-state index in [0.717, 1.165) is 32.4 Å². The van der Waals surface area contributed by atoms with Gasteiger partial charge < -0.3 is 11.1 Å². The molecule has 1 fully saturated rings. The Morgan fingerprint density at radius 1 is 1.39 bits per heavy atom. The highest BCUT2D eigenvalue weighted by atomic mass is 32.2. The molecule has 1 saturated heterocycles. The Morgan fingerprint density at radius 2 is 2.06 bits per heavy atom. The molecular formula is C13H28N2O2S. The first-order chi connectivity index (χ1) is 8.26. The van der Waals surface area contributed by atoms with E-state index in [0.29, 0.717) is 17.6 Å². The van der Waals surface area contributed by atoms with Gasteiger partial charge >= 0.3 is 0 Å². The maximum Gasteiger partial charge on any atom is 0.152 e. The lowest BCUT2D eigenvalue weighted by molar-refractivity contribution is 0.342. The number of hydrogen-bond acceptors (Lipinski definition) is 4. The van der Waals surface area contributed by atoms with Gasteiger partial charge in [-0.05, 0) is 51.1 Å².